The van der Waals surface area contributed by atoms with Crippen LogP contribution in [0.1, 0.15) is 75.5 Å². The molecular weight excluding hydrogens is 625 g/mol. The molecule has 0 fully saturated rings. The summed E-state index contributed by atoms with van der Waals surface area (Å²) in [7, 11) is 0. The first-order valence-corrected chi connectivity index (χ1v) is 18.4. The summed E-state index contributed by atoms with van der Waals surface area (Å²) in [6, 6.07) is 34.7. The third-order valence-electron chi connectivity index (χ3n) is 9.89. The van der Waals surface area contributed by atoms with Gasteiger partial charge >= 0.3 is 0 Å². The van der Waals surface area contributed by atoms with Gasteiger partial charge in [-0.1, -0.05) is 71.0 Å². The van der Waals surface area contributed by atoms with Gasteiger partial charge in [-0.25, -0.2) is 9.67 Å². The molecule has 5 nitrogen and oxygen atoms in total. The Morgan fingerprint density at radius 3 is 2.27 bits per heavy atom. The van der Waals surface area contributed by atoms with Gasteiger partial charge in [-0.3, -0.25) is 4.57 Å². The van der Waals surface area contributed by atoms with Crippen molar-refractivity contribution in [1.82, 2.24) is 19.3 Å². The van der Waals surface area contributed by atoms with Crippen LogP contribution in [0, 0.1) is 32.1 Å². The van der Waals surface area contributed by atoms with E-state index in [0.29, 0.717) is 5.92 Å². The van der Waals surface area contributed by atoms with Crippen LogP contribution in [-0.4, -0.2) is 19.3 Å². The number of hydrogen-bond donors (Lipinski definition) is 0. The number of pyridine rings is 1. The van der Waals surface area contributed by atoms with Crippen LogP contribution in [-0.2, 0) is 12.8 Å². The molecule has 0 radical (unpaired) electrons. The third kappa shape index (κ3) is 7.35. The number of hydrogen-bond acceptors (Lipinski definition) is 3. The zero-order valence-corrected chi connectivity index (χ0v) is 31.4. The number of rotatable bonds is 10. The minimum atomic E-state index is 0.215. The van der Waals surface area contributed by atoms with Gasteiger partial charge in [0.2, 0.25) is 0 Å². The summed E-state index contributed by atoms with van der Waals surface area (Å²) in [4.78, 5) is 4.83. The number of aryl methyl sites for hydroxylation is 4. The lowest BCUT2D eigenvalue weighted by atomic mass is 9.88. The Morgan fingerprint density at radius 2 is 1.53 bits per heavy atom. The Balaban J connectivity index is 1.33. The zero-order chi connectivity index (χ0) is 35.9. The van der Waals surface area contributed by atoms with Crippen molar-refractivity contribution in [2.24, 2.45) is 11.3 Å². The van der Waals surface area contributed by atoms with Gasteiger partial charge in [0.25, 0.3) is 0 Å². The topological polar surface area (TPSA) is 44.9 Å². The number of nitrogens with zero attached hydrogens (tertiary/aromatic N) is 4. The molecule has 0 unspecified atom stereocenters. The lowest BCUT2D eigenvalue weighted by Crippen LogP contribution is -2.07. The first kappa shape index (κ1) is 34.3. The van der Waals surface area contributed by atoms with E-state index in [-0.39, 0.29) is 5.41 Å². The maximum Gasteiger partial charge on any atom is 0.137 e. The van der Waals surface area contributed by atoms with E-state index in [4.69, 9.17) is 14.8 Å². The van der Waals surface area contributed by atoms with Crippen molar-refractivity contribution in [1.29, 1.82) is 0 Å². The van der Waals surface area contributed by atoms with Crippen LogP contribution in [0.25, 0.3) is 44.4 Å². The zero-order valence-electron chi connectivity index (χ0n) is 31.4. The quantitative estimate of drug-likeness (QED) is 0.145. The summed E-state index contributed by atoms with van der Waals surface area (Å²) in [5, 5.41) is 7.49. The van der Waals surface area contributed by atoms with E-state index in [1.165, 1.54) is 45.0 Å². The van der Waals surface area contributed by atoms with Crippen molar-refractivity contribution in [3.8, 4) is 34.1 Å². The van der Waals surface area contributed by atoms with Crippen molar-refractivity contribution in [2.75, 3.05) is 0 Å². The molecule has 0 saturated carbocycles. The van der Waals surface area contributed by atoms with E-state index < -0.39 is 0 Å². The second-order valence-electron chi connectivity index (χ2n) is 15.8. The van der Waals surface area contributed by atoms with Crippen molar-refractivity contribution < 1.29 is 4.74 Å². The lowest BCUT2D eigenvalue weighted by molar-refractivity contribution is 0.378. The minimum absolute atomic E-state index is 0.215. The summed E-state index contributed by atoms with van der Waals surface area (Å²) in [5.74, 6) is 3.17. The highest BCUT2D eigenvalue weighted by atomic mass is 16.5. The molecule has 0 aliphatic carbocycles. The van der Waals surface area contributed by atoms with Crippen molar-refractivity contribution in [2.45, 2.75) is 81.1 Å². The molecule has 5 heteroatoms. The van der Waals surface area contributed by atoms with Crippen LogP contribution in [0.2, 0.25) is 0 Å². The molecule has 51 heavy (non-hydrogen) atoms. The second-order valence-corrected chi connectivity index (χ2v) is 15.8. The molecule has 260 valence electrons. The average molecular weight is 675 g/mol. The van der Waals surface area contributed by atoms with Crippen molar-refractivity contribution in [3.63, 3.8) is 0 Å². The van der Waals surface area contributed by atoms with Gasteiger partial charge in [-0.15, -0.1) is 0 Å². The van der Waals surface area contributed by atoms with E-state index in [1.807, 2.05) is 12.3 Å². The van der Waals surface area contributed by atoms with Gasteiger partial charge in [0.05, 0.1) is 22.4 Å². The fraction of sp³-hybridized carbons (Fsp3) is 0.304. The predicted octanol–water partition coefficient (Wildman–Crippen LogP) is 12.3. The van der Waals surface area contributed by atoms with Gasteiger partial charge < -0.3 is 4.74 Å². The molecule has 0 spiro atoms. The number of fused-ring (bicyclic) bond motifs is 3. The summed E-state index contributed by atoms with van der Waals surface area (Å²) < 4.78 is 11.2. The molecule has 7 aromatic rings. The van der Waals surface area contributed by atoms with E-state index in [2.05, 4.69) is 156 Å². The molecule has 7 rings (SSSR count). The Kier molecular flexibility index (Phi) is 9.32. The molecule has 3 heterocycles. The summed E-state index contributed by atoms with van der Waals surface area (Å²) >= 11 is 0. The number of ether oxygens (including phenoxy) is 1. The molecule has 0 aliphatic heterocycles. The van der Waals surface area contributed by atoms with Crippen LogP contribution in [0.3, 0.4) is 0 Å². The molecule has 0 amide bonds. The van der Waals surface area contributed by atoms with Gasteiger partial charge in [0, 0.05) is 40.4 Å². The van der Waals surface area contributed by atoms with E-state index >= 15 is 0 Å². The van der Waals surface area contributed by atoms with Gasteiger partial charge in [0.15, 0.2) is 0 Å². The summed E-state index contributed by atoms with van der Waals surface area (Å²) in [5.41, 5.74) is 11.7. The van der Waals surface area contributed by atoms with E-state index in [9.17, 15) is 0 Å². The largest absolute Gasteiger partial charge is 0.457 e. The molecule has 0 N–H and O–H groups in total. The Bertz CT molecular complexity index is 2340. The first-order chi connectivity index (χ1) is 24.4. The van der Waals surface area contributed by atoms with Crippen LogP contribution in [0.15, 0.2) is 103 Å². The maximum absolute atomic E-state index is 6.81. The highest BCUT2D eigenvalue weighted by Crippen LogP contribution is 2.37. The molecule has 4 aromatic carbocycles. The van der Waals surface area contributed by atoms with Crippen LogP contribution in [0.4, 0.5) is 0 Å². The van der Waals surface area contributed by atoms with Crippen LogP contribution < -0.4 is 4.74 Å². The van der Waals surface area contributed by atoms with Gasteiger partial charge in [-0.05, 0) is 129 Å². The van der Waals surface area contributed by atoms with Gasteiger partial charge in [0.1, 0.15) is 17.3 Å². The third-order valence-corrected chi connectivity index (χ3v) is 9.89. The first-order valence-electron chi connectivity index (χ1n) is 18.4. The molecular formula is C46H50N4O. The molecule has 0 bridgehead atoms. The standard InChI is InChI=1S/C46H50N4O/c1-30(2)14-15-34-16-19-42-41(27-34)40-18-17-38(29-43(40)49(42)44-24-31(3)21-23-47-44)51-39-26-35(20-22-46(6,7)8)25-37(28-39)50-33(5)45(32(4)48-50)36-12-10-9-11-13-36/h9-13,16-19,21,23-30H,14-15,20,22H2,1-8H3. The normalized spacial score (nSPS) is 12.0. The summed E-state index contributed by atoms with van der Waals surface area (Å²) in [6.07, 6.45) is 6.15. The van der Waals surface area contributed by atoms with Crippen molar-refractivity contribution in [3.05, 3.63) is 131 Å². The van der Waals surface area contributed by atoms with Gasteiger partial charge in [-0.2, -0.15) is 5.10 Å². The average Bonchev–Trinajstić information content (AvgIpc) is 3.58. The number of benzene rings is 4. The number of aromatic nitrogens is 4. The Morgan fingerprint density at radius 1 is 0.725 bits per heavy atom. The predicted molar refractivity (Wildman–Crippen MR) is 213 cm³/mol. The Labute approximate surface area is 302 Å². The summed E-state index contributed by atoms with van der Waals surface area (Å²) in [6.45, 7) is 17.8. The molecule has 0 saturated heterocycles. The minimum Gasteiger partial charge on any atom is -0.457 e. The molecule has 0 atom stereocenters. The fourth-order valence-electron chi connectivity index (χ4n) is 7.15. The van der Waals surface area contributed by atoms with Crippen LogP contribution in [0.5, 0.6) is 11.5 Å². The van der Waals surface area contributed by atoms with Crippen molar-refractivity contribution >= 4 is 21.8 Å². The molecule has 3 aromatic heterocycles. The molecule has 0 aliphatic rings. The van der Waals surface area contributed by atoms with E-state index in [1.54, 1.807) is 0 Å². The Hall–Kier alpha value is -5.16. The highest BCUT2D eigenvalue weighted by molar-refractivity contribution is 6.09. The smallest absolute Gasteiger partial charge is 0.137 e. The van der Waals surface area contributed by atoms with E-state index in [0.717, 1.165) is 64.7 Å². The lowest BCUT2D eigenvalue weighted by Gasteiger charge is -2.19. The SMILES string of the molecule is Cc1ccnc(-n2c3ccc(CCC(C)C)cc3c3ccc(Oc4cc(CCC(C)(C)C)cc(-n5nc(C)c(-c6ccccc6)c5C)c4)cc32)c1. The second kappa shape index (κ2) is 13.9. The van der Waals surface area contributed by atoms with Crippen LogP contribution >= 0.6 is 0 Å². The highest BCUT2D eigenvalue weighted by Gasteiger charge is 2.19. The fourth-order valence-corrected chi connectivity index (χ4v) is 7.15. The maximum atomic E-state index is 6.81. The monoisotopic (exact) mass is 674 g/mol.